The summed E-state index contributed by atoms with van der Waals surface area (Å²) in [5.74, 6) is -1.45. The lowest BCUT2D eigenvalue weighted by Gasteiger charge is -2.24. The molecule has 7 nitrogen and oxygen atoms in total. The number of aromatic hydroxyl groups is 1. The van der Waals surface area contributed by atoms with Crippen LogP contribution < -0.4 is 4.74 Å². The molecule has 0 saturated heterocycles. The average Bonchev–Trinajstić information content (AvgIpc) is 3.00. The molecule has 144 valence electrons. The number of phenols is 1. The van der Waals surface area contributed by atoms with E-state index in [4.69, 9.17) is 14.6 Å². The first-order valence-electron chi connectivity index (χ1n) is 8.84. The number of ether oxygens (including phenoxy) is 2. The Bertz CT molecular complexity index is 849. The highest BCUT2D eigenvalue weighted by molar-refractivity contribution is 5.98. The van der Waals surface area contributed by atoms with Crippen LogP contribution in [0.25, 0.3) is 0 Å². The molecular weight excluding hydrogens is 352 g/mol. The van der Waals surface area contributed by atoms with Gasteiger partial charge in [0, 0.05) is 24.0 Å². The molecule has 27 heavy (non-hydrogen) atoms. The maximum atomic E-state index is 12.0. The standard InChI is InChI=1S/C20H22O7/c1-10-15-9-27-20(25)17(15)18(24)14(19(10)26-2)6-4-11-3-5-13(21)7-12(11)8-16(22)23/h4,12,24H,3,5-9H2,1-2H3,(H,22,23)/b11-4+. The van der Waals surface area contributed by atoms with Gasteiger partial charge in [-0.25, -0.2) is 4.79 Å². The summed E-state index contributed by atoms with van der Waals surface area (Å²) in [5, 5.41) is 19.7. The largest absolute Gasteiger partial charge is 0.507 e. The Morgan fingerprint density at radius 3 is 2.74 bits per heavy atom. The van der Waals surface area contributed by atoms with E-state index >= 15 is 0 Å². The molecule has 1 fully saturated rings. The number of aliphatic carboxylic acids is 1. The Labute approximate surface area is 156 Å². The molecule has 0 amide bonds. The lowest BCUT2D eigenvalue weighted by atomic mass is 9.80. The van der Waals surface area contributed by atoms with Crippen LogP contribution in [0.3, 0.4) is 0 Å². The molecular formula is C20H22O7. The minimum atomic E-state index is -0.947. The number of carboxylic acids is 1. The van der Waals surface area contributed by atoms with Gasteiger partial charge in [0.05, 0.1) is 13.5 Å². The number of cyclic esters (lactones) is 1. The van der Waals surface area contributed by atoms with Crippen molar-refractivity contribution in [2.45, 2.75) is 45.6 Å². The predicted molar refractivity (Wildman–Crippen MR) is 94.9 cm³/mol. The van der Waals surface area contributed by atoms with Crippen molar-refractivity contribution in [3.63, 3.8) is 0 Å². The van der Waals surface area contributed by atoms with Crippen molar-refractivity contribution in [3.05, 3.63) is 33.9 Å². The van der Waals surface area contributed by atoms with E-state index in [-0.39, 0.29) is 48.9 Å². The Morgan fingerprint density at radius 1 is 1.33 bits per heavy atom. The van der Waals surface area contributed by atoms with Gasteiger partial charge < -0.3 is 19.7 Å². The van der Waals surface area contributed by atoms with Gasteiger partial charge in [0.1, 0.15) is 29.5 Å². The van der Waals surface area contributed by atoms with Crippen LogP contribution >= 0.6 is 0 Å². The minimum absolute atomic E-state index is 0.0648. The van der Waals surface area contributed by atoms with Gasteiger partial charge in [0.2, 0.25) is 0 Å². The van der Waals surface area contributed by atoms with Crippen LogP contribution in [0.4, 0.5) is 0 Å². The highest BCUT2D eigenvalue weighted by Crippen LogP contribution is 2.42. The number of rotatable bonds is 5. The summed E-state index contributed by atoms with van der Waals surface area (Å²) in [6, 6.07) is 0. The second kappa shape index (κ2) is 7.42. The molecule has 2 N–H and O–H groups in total. The third-order valence-electron chi connectivity index (χ3n) is 5.33. The first kappa shape index (κ1) is 18.9. The van der Waals surface area contributed by atoms with Crippen LogP contribution in [-0.2, 0) is 27.4 Å². The highest BCUT2D eigenvalue weighted by Gasteiger charge is 2.32. The van der Waals surface area contributed by atoms with Crippen LogP contribution in [0.15, 0.2) is 11.6 Å². The summed E-state index contributed by atoms with van der Waals surface area (Å²) < 4.78 is 10.5. The third-order valence-corrected chi connectivity index (χ3v) is 5.33. The lowest BCUT2D eigenvalue weighted by Crippen LogP contribution is -2.20. The average molecular weight is 374 g/mol. The summed E-state index contributed by atoms with van der Waals surface area (Å²) in [7, 11) is 1.49. The van der Waals surface area contributed by atoms with Gasteiger partial charge in [-0.3, -0.25) is 9.59 Å². The molecule has 1 aliphatic carbocycles. The van der Waals surface area contributed by atoms with Crippen molar-refractivity contribution in [2.24, 2.45) is 5.92 Å². The number of esters is 1. The fourth-order valence-corrected chi connectivity index (χ4v) is 3.94. The molecule has 1 saturated carbocycles. The van der Waals surface area contributed by atoms with Gasteiger partial charge in [-0.15, -0.1) is 0 Å². The number of hydrogen-bond acceptors (Lipinski definition) is 6. The van der Waals surface area contributed by atoms with Crippen LogP contribution in [0, 0.1) is 12.8 Å². The molecule has 3 rings (SSSR count). The van der Waals surface area contributed by atoms with E-state index in [1.54, 1.807) is 0 Å². The van der Waals surface area contributed by atoms with Crippen molar-refractivity contribution in [2.75, 3.05) is 7.11 Å². The summed E-state index contributed by atoms with van der Waals surface area (Å²) in [6.45, 7) is 1.91. The van der Waals surface area contributed by atoms with Crippen LogP contribution in [0.2, 0.25) is 0 Å². The SMILES string of the molecule is COc1c(C)c2c(c(O)c1C/C=C1\CCC(=O)CC1CC(=O)O)C(=O)OC2. The van der Waals surface area contributed by atoms with Crippen molar-refractivity contribution in [1.29, 1.82) is 0 Å². The molecule has 1 aromatic rings. The molecule has 1 atom stereocenters. The van der Waals surface area contributed by atoms with E-state index in [1.165, 1.54) is 7.11 Å². The Hall–Kier alpha value is -2.83. The molecule has 1 heterocycles. The molecule has 0 aromatic heterocycles. The summed E-state index contributed by atoms with van der Waals surface area (Å²) in [4.78, 5) is 34.8. The van der Waals surface area contributed by atoms with Crippen LogP contribution in [-0.4, -0.2) is 35.0 Å². The first-order valence-corrected chi connectivity index (χ1v) is 8.84. The molecule has 1 unspecified atom stereocenters. The second-order valence-electron chi connectivity index (χ2n) is 6.94. The number of allylic oxidation sites excluding steroid dienone is 2. The van der Waals surface area contributed by atoms with Crippen molar-refractivity contribution in [3.8, 4) is 11.5 Å². The Balaban J connectivity index is 1.97. The fourth-order valence-electron chi connectivity index (χ4n) is 3.94. The molecule has 2 aliphatic rings. The van der Waals surface area contributed by atoms with E-state index in [0.717, 1.165) is 11.1 Å². The summed E-state index contributed by atoms with van der Waals surface area (Å²) in [6.07, 6.45) is 3.14. The molecule has 1 aromatic carbocycles. The third kappa shape index (κ3) is 3.54. The normalized spacial score (nSPS) is 20.5. The molecule has 0 spiro atoms. The van der Waals surface area contributed by atoms with E-state index < -0.39 is 11.9 Å². The zero-order valence-corrected chi connectivity index (χ0v) is 15.3. The smallest absolute Gasteiger partial charge is 0.342 e. The quantitative estimate of drug-likeness (QED) is 0.602. The summed E-state index contributed by atoms with van der Waals surface area (Å²) >= 11 is 0. The predicted octanol–water partition coefficient (Wildman–Crippen LogP) is 2.69. The van der Waals surface area contributed by atoms with Crippen molar-refractivity contribution >= 4 is 17.7 Å². The number of hydrogen-bond donors (Lipinski definition) is 2. The number of benzene rings is 1. The number of fused-ring (bicyclic) bond motifs is 1. The van der Waals surface area contributed by atoms with Crippen LogP contribution in [0.5, 0.6) is 11.5 Å². The first-order chi connectivity index (χ1) is 12.8. The highest BCUT2D eigenvalue weighted by atomic mass is 16.5. The van der Waals surface area contributed by atoms with Gasteiger partial charge in [-0.05, 0) is 31.2 Å². The van der Waals surface area contributed by atoms with Gasteiger partial charge in [-0.2, -0.15) is 0 Å². The van der Waals surface area contributed by atoms with Crippen molar-refractivity contribution in [1.82, 2.24) is 0 Å². The monoisotopic (exact) mass is 374 g/mol. The number of carbonyl (C=O) groups excluding carboxylic acids is 2. The fraction of sp³-hybridized carbons (Fsp3) is 0.450. The molecule has 1 aliphatic heterocycles. The van der Waals surface area contributed by atoms with Gasteiger partial charge in [-0.1, -0.05) is 11.6 Å². The van der Waals surface area contributed by atoms with E-state index in [1.807, 2.05) is 13.0 Å². The molecule has 7 heteroatoms. The zero-order valence-electron chi connectivity index (χ0n) is 15.3. The van der Waals surface area contributed by atoms with Crippen LogP contribution in [0.1, 0.15) is 52.7 Å². The zero-order chi connectivity index (χ0) is 19.7. The Morgan fingerprint density at radius 2 is 2.07 bits per heavy atom. The van der Waals surface area contributed by atoms with E-state index in [2.05, 4.69) is 0 Å². The number of Topliss-reactive ketones (excluding diaryl/α,β-unsaturated/α-hetero) is 1. The van der Waals surface area contributed by atoms with Gasteiger partial charge >= 0.3 is 11.9 Å². The molecule has 0 radical (unpaired) electrons. The Kier molecular flexibility index (Phi) is 5.21. The van der Waals surface area contributed by atoms with Gasteiger partial charge in [0.25, 0.3) is 0 Å². The van der Waals surface area contributed by atoms with Crippen molar-refractivity contribution < 1.29 is 34.1 Å². The minimum Gasteiger partial charge on any atom is -0.507 e. The maximum Gasteiger partial charge on any atom is 0.342 e. The van der Waals surface area contributed by atoms with E-state index in [0.29, 0.717) is 29.7 Å². The number of carbonyl (C=O) groups is 3. The van der Waals surface area contributed by atoms with Gasteiger partial charge in [0.15, 0.2) is 0 Å². The number of carboxylic acid groups (broad SMARTS) is 1. The number of methoxy groups -OCH3 is 1. The number of phenolic OH excluding ortho intramolecular Hbond substituents is 1. The van der Waals surface area contributed by atoms with E-state index in [9.17, 15) is 19.5 Å². The number of ketones is 1. The summed E-state index contributed by atoms with van der Waals surface area (Å²) in [5.41, 5.74) is 2.89. The lowest BCUT2D eigenvalue weighted by molar-refractivity contribution is -0.138. The maximum absolute atomic E-state index is 12.0. The molecule has 0 bridgehead atoms. The second-order valence-corrected chi connectivity index (χ2v) is 6.94. The topological polar surface area (TPSA) is 110 Å².